The molecule has 0 unspecified atom stereocenters. The molecule has 1 aromatic carbocycles. The Bertz CT molecular complexity index is 1090. The van der Waals surface area contributed by atoms with E-state index in [1.807, 2.05) is 25.1 Å². The van der Waals surface area contributed by atoms with E-state index >= 15 is 0 Å². The second kappa shape index (κ2) is 7.43. The maximum absolute atomic E-state index is 12.7. The van der Waals surface area contributed by atoms with Gasteiger partial charge >= 0.3 is 5.69 Å². The number of aryl methyl sites for hydroxylation is 2. The molecule has 0 spiro atoms. The SMILES string of the molecule is COCc1nc(SCc2ccccc2C)c2c(=O)n(C)c(=O)n(C)c2n1. The molecule has 0 saturated carbocycles. The minimum absolute atomic E-state index is 0.206. The standard InChI is InChI=1S/C18H20N4O3S/c1-11-7-5-6-8-12(11)10-26-16-14-15(19-13(20-16)9-25-4)21(2)18(24)22(3)17(14)23/h5-8H,9-10H2,1-4H3. The molecule has 0 atom stereocenters. The van der Waals surface area contributed by atoms with E-state index in [4.69, 9.17) is 4.74 Å². The summed E-state index contributed by atoms with van der Waals surface area (Å²) in [4.78, 5) is 33.8. The van der Waals surface area contributed by atoms with Gasteiger partial charge in [0.1, 0.15) is 17.0 Å². The number of ether oxygens (including phenoxy) is 1. The Morgan fingerprint density at radius 2 is 1.85 bits per heavy atom. The Morgan fingerprint density at radius 3 is 2.54 bits per heavy atom. The van der Waals surface area contributed by atoms with Gasteiger partial charge in [-0.1, -0.05) is 24.3 Å². The maximum Gasteiger partial charge on any atom is 0.332 e. The zero-order chi connectivity index (χ0) is 18.8. The Labute approximate surface area is 154 Å². The number of aromatic nitrogens is 4. The third-order valence-electron chi connectivity index (χ3n) is 4.21. The summed E-state index contributed by atoms with van der Waals surface area (Å²) in [7, 11) is 4.61. The molecule has 8 heteroatoms. The Balaban J connectivity index is 2.17. The van der Waals surface area contributed by atoms with Crippen LogP contribution in [0.4, 0.5) is 0 Å². The minimum Gasteiger partial charge on any atom is -0.377 e. The Kier molecular flexibility index (Phi) is 5.24. The van der Waals surface area contributed by atoms with Crippen molar-refractivity contribution in [3.63, 3.8) is 0 Å². The predicted molar refractivity (Wildman–Crippen MR) is 101 cm³/mol. The third kappa shape index (κ3) is 3.30. The minimum atomic E-state index is -0.417. The number of fused-ring (bicyclic) bond motifs is 1. The van der Waals surface area contributed by atoms with E-state index in [2.05, 4.69) is 16.0 Å². The van der Waals surface area contributed by atoms with Crippen LogP contribution in [-0.4, -0.2) is 26.2 Å². The first-order valence-corrected chi connectivity index (χ1v) is 9.05. The van der Waals surface area contributed by atoms with Crippen molar-refractivity contribution in [1.82, 2.24) is 19.1 Å². The van der Waals surface area contributed by atoms with Gasteiger partial charge in [0.25, 0.3) is 5.56 Å². The van der Waals surface area contributed by atoms with Crippen molar-refractivity contribution in [1.29, 1.82) is 0 Å². The van der Waals surface area contributed by atoms with Crippen LogP contribution in [0.15, 0.2) is 38.9 Å². The fourth-order valence-electron chi connectivity index (χ4n) is 2.69. The van der Waals surface area contributed by atoms with Crippen LogP contribution in [0.25, 0.3) is 11.0 Å². The molecular weight excluding hydrogens is 352 g/mol. The lowest BCUT2D eigenvalue weighted by molar-refractivity contribution is 0.177. The van der Waals surface area contributed by atoms with Gasteiger partial charge in [0.05, 0.1) is 0 Å². The van der Waals surface area contributed by atoms with Crippen molar-refractivity contribution >= 4 is 22.8 Å². The first kappa shape index (κ1) is 18.3. The highest BCUT2D eigenvalue weighted by Gasteiger charge is 2.17. The van der Waals surface area contributed by atoms with Crippen LogP contribution in [0, 0.1) is 6.92 Å². The summed E-state index contributed by atoms with van der Waals surface area (Å²) in [5.41, 5.74) is 1.86. The summed E-state index contributed by atoms with van der Waals surface area (Å²) in [6.45, 7) is 2.25. The Hall–Kier alpha value is -2.45. The molecule has 0 bridgehead atoms. The number of hydrogen-bond acceptors (Lipinski definition) is 6. The highest BCUT2D eigenvalue weighted by molar-refractivity contribution is 7.98. The monoisotopic (exact) mass is 372 g/mol. The molecule has 0 amide bonds. The number of methoxy groups -OCH3 is 1. The normalized spacial score (nSPS) is 11.2. The number of benzene rings is 1. The predicted octanol–water partition coefficient (Wildman–Crippen LogP) is 1.77. The zero-order valence-electron chi connectivity index (χ0n) is 15.1. The van der Waals surface area contributed by atoms with E-state index in [-0.39, 0.29) is 12.2 Å². The molecule has 2 aromatic heterocycles. The van der Waals surface area contributed by atoms with Crippen molar-refractivity contribution in [3.8, 4) is 0 Å². The molecule has 7 nitrogen and oxygen atoms in total. The van der Waals surface area contributed by atoms with Gasteiger partial charge in [-0.25, -0.2) is 14.8 Å². The molecule has 26 heavy (non-hydrogen) atoms. The highest BCUT2D eigenvalue weighted by Crippen LogP contribution is 2.27. The molecule has 3 aromatic rings. The number of thioether (sulfide) groups is 1. The third-order valence-corrected chi connectivity index (χ3v) is 5.24. The molecular formula is C18H20N4O3S. The second-order valence-corrected chi connectivity index (χ2v) is 6.96. The van der Waals surface area contributed by atoms with Gasteiger partial charge < -0.3 is 4.74 Å². The fourth-order valence-corrected chi connectivity index (χ4v) is 3.80. The quantitative estimate of drug-likeness (QED) is 0.502. The smallest absolute Gasteiger partial charge is 0.332 e. The van der Waals surface area contributed by atoms with Crippen LogP contribution in [0.5, 0.6) is 0 Å². The van der Waals surface area contributed by atoms with Gasteiger partial charge in [-0.15, -0.1) is 11.8 Å². The van der Waals surface area contributed by atoms with E-state index < -0.39 is 5.69 Å². The van der Waals surface area contributed by atoms with Crippen molar-refractivity contribution in [3.05, 3.63) is 62.1 Å². The van der Waals surface area contributed by atoms with Crippen molar-refractivity contribution in [2.24, 2.45) is 14.1 Å². The van der Waals surface area contributed by atoms with Gasteiger partial charge in [-0.3, -0.25) is 13.9 Å². The molecule has 0 fully saturated rings. The van der Waals surface area contributed by atoms with Crippen molar-refractivity contribution in [2.75, 3.05) is 7.11 Å². The average Bonchev–Trinajstić information content (AvgIpc) is 2.64. The summed E-state index contributed by atoms with van der Waals surface area (Å²) in [6.07, 6.45) is 0. The number of hydrogen-bond donors (Lipinski definition) is 0. The summed E-state index contributed by atoms with van der Waals surface area (Å²) in [5, 5.41) is 0.912. The summed E-state index contributed by atoms with van der Waals surface area (Å²) in [5.74, 6) is 1.10. The molecule has 3 rings (SSSR count). The molecule has 0 saturated heterocycles. The van der Waals surface area contributed by atoms with E-state index in [9.17, 15) is 9.59 Å². The van der Waals surface area contributed by atoms with Gasteiger partial charge in [-0.2, -0.15) is 0 Å². The second-order valence-electron chi connectivity index (χ2n) is 6.00. The number of rotatable bonds is 5. The molecule has 0 N–H and O–H groups in total. The van der Waals surface area contributed by atoms with Crippen LogP contribution in [-0.2, 0) is 31.2 Å². The largest absolute Gasteiger partial charge is 0.377 e. The number of nitrogens with zero attached hydrogens (tertiary/aromatic N) is 4. The fraction of sp³-hybridized carbons (Fsp3) is 0.333. The van der Waals surface area contributed by atoms with Gasteiger partial charge in [0.15, 0.2) is 11.5 Å². The first-order valence-electron chi connectivity index (χ1n) is 8.07. The average molecular weight is 372 g/mol. The Morgan fingerprint density at radius 1 is 1.12 bits per heavy atom. The van der Waals surface area contributed by atoms with Crippen LogP contribution in [0.3, 0.4) is 0 Å². The summed E-state index contributed by atoms with van der Waals surface area (Å²) >= 11 is 1.46. The van der Waals surface area contributed by atoms with E-state index in [1.165, 1.54) is 34.5 Å². The molecule has 2 heterocycles. The lowest BCUT2D eigenvalue weighted by Crippen LogP contribution is -2.37. The lowest BCUT2D eigenvalue weighted by atomic mass is 10.1. The summed E-state index contributed by atoms with van der Waals surface area (Å²) in [6, 6.07) is 8.08. The molecule has 0 radical (unpaired) electrons. The molecule has 0 aliphatic carbocycles. The van der Waals surface area contributed by atoms with Gasteiger partial charge in [0, 0.05) is 27.0 Å². The topological polar surface area (TPSA) is 79.0 Å². The van der Waals surface area contributed by atoms with E-state index in [0.717, 1.165) is 4.57 Å². The van der Waals surface area contributed by atoms with Crippen molar-refractivity contribution < 1.29 is 4.74 Å². The first-order chi connectivity index (χ1) is 12.4. The lowest BCUT2D eigenvalue weighted by Gasteiger charge is -2.12. The molecule has 0 aliphatic heterocycles. The zero-order valence-corrected chi connectivity index (χ0v) is 16.0. The van der Waals surface area contributed by atoms with E-state index in [1.54, 1.807) is 14.2 Å². The summed E-state index contributed by atoms with van der Waals surface area (Å²) < 4.78 is 7.59. The van der Waals surface area contributed by atoms with E-state index in [0.29, 0.717) is 27.6 Å². The van der Waals surface area contributed by atoms with Crippen LogP contribution in [0.2, 0.25) is 0 Å². The van der Waals surface area contributed by atoms with Crippen LogP contribution < -0.4 is 11.2 Å². The van der Waals surface area contributed by atoms with Crippen LogP contribution in [0.1, 0.15) is 17.0 Å². The highest BCUT2D eigenvalue weighted by atomic mass is 32.2. The van der Waals surface area contributed by atoms with Gasteiger partial charge in [0.2, 0.25) is 0 Å². The molecule has 0 aliphatic rings. The van der Waals surface area contributed by atoms with Crippen LogP contribution >= 0.6 is 11.8 Å². The maximum atomic E-state index is 12.7. The van der Waals surface area contributed by atoms with Gasteiger partial charge in [-0.05, 0) is 18.1 Å². The van der Waals surface area contributed by atoms with Crippen molar-refractivity contribution in [2.45, 2.75) is 24.3 Å². The molecule has 136 valence electrons.